The van der Waals surface area contributed by atoms with Gasteiger partial charge in [0.2, 0.25) is 5.90 Å². The Labute approximate surface area is 203 Å². The normalized spacial score (nSPS) is 19.4. The van der Waals surface area contributed by atoms with Gasteiger partial charge < -0.3 is 20.1 Å². The summed E-state index contributed by atoms with van der Waals surface area (Å²) >= 11 is 0. The molecule has 1 aliphatic rings. The fraction of sp³-hybridized carbons (Fsp3) is 0.520. The summed E-state index contributed by atoms with van der Waals surface area (Å²) in [6.07, 6.45) is 2.44. The number of aromatic amines is 1. The summed E-state index contributed by atoms with van der Waals surface area (Å²) in [5.74, 6) is -3.00. The van der Waals surface area contributed by atoms with E-state index in [4.69, 9.17) is 4.74 Å². The van der Waals surface area contributed by atoms with Crippen LogP contribution < -0.4 is 5.32 Å². The van der Waals surface area contributed by atoms with Crippen molar-refractivity contribution in [3.8, 4) is 0 Å². The van der Waals surface area contributed by atoms with Crippen LogP contribution in [0, 0.1) is 0 Å². The van der Waals surface area contributed by atoms with Crippen LogP contribution >= 0.6 is 0 Å². The quantitative estimate of drug-likeness (QED) is 0.239. The van der Waals surface area contributed by atoms with Crippen molar-refractivity contribution in [3.63, 3.8) is 0 Å². The number of aliphatic imine (C=N–C) groups is 2. The Morgan fingerprint density at radius 1 is 1.37 bits per heavy atom. The molecule has 0 amide bonds. The van der Waals surface area contributed by atoms with E-state index in [-0.39, 0.29) is 18.6 Å². The maximum atomic E-state index is 14.3. The maximum absolute atomic E-state index is 14.3. The second kappa shape index (κ2) is 12.3. The van der Waals surface area contributed by atoms with E-state index in [1.807, 2.05) is 31.2 Å². The Balaban J connectivity index is 1.83. The number of H-pyrrole nitrogens is 1. The lowest BCUT2D eigenvalue weighted by molar-refractivity contribution is -0.0868. The van der Waals surface area contributed by atoms with Gasteiger partial charge >= 0.3 is 0 Å². The second-order valence-electron chi connectivity index (χ2n) is 8.66. The average Bonchev–Trinajstić information content (AvgIpc) is 3.21. The number of aliphatic hydroxyl groups is 1. The Morgan fingerprint density at radius 3 is 2.86 bits per heavy atom. The van der Waals surface area contributed by atoms with Gasteiger partial charge in [0, 0.05) is 36.2 Å². The Kier molecular flexibility index (Phi) is 9.47. The molecule has 35 heavy (non-hydrogen) atoms. The smallest absolute Gasteiger partial charge is 0.283 e. The first kappa shape index (κ1) is 26.9. The number of aliphatic hydroxyl groups excluding tert-OH is 1. The van der Waals surface area contributed by atoms with Crippen LogP contribution in [0.3, 0.4) is 0 Å². The molecule has 3 N–H and O–H groups in total. The minimum absolute atomic E-state index is 0.234. The molecule has 0 saturated carbocycles. The predicted molar refractivity (Wildman–Crippen MR) is 133 cm³/mol. The number of fused-ring (bicyclic) bond motifs is 3. The van der Waals surface area contributed by atoms with Crippen molar-refractivity contribution in [2.24, 2.45) is 9.98 Å². The third-order valence-electron chi connectivity index (χ3n) is 6.06. The number of nitrogens with one attached hydrogen (secondary N) is 2. The fourth-order valence-electron chi connectivity index (χ4n) is 4.34. The number of rotatable bonds is 12. The van der Waals surface area contributed by atoms with Gasteiger partial charge in [-0.2, -0.15) is 0 Å². The molecule has 0 spiro atoms. The van der Waals surface area contributed by atoms with Gasteiger partial charge in [-0.15, -0.1) is 0 Å². The standard InChI is InChI=1S/C25H34F3N5O2/c1-17-13-20-19-7-4-5-8-21(19)32-23(20)24(33(17)15-25(27,28)16-34)18(2)31-14-22(29-3)35-12-11-30-10-6-9-26/h4-5,7-8,14,17,24,30,32,34H,2,6,9-13,15-16H2,1,3H3/b29-22+,31-14-/t17-,24-/m1/s1. The van der Waals surface area contributed by atoms with Gasteiger partial charge in [-0.1, -0.05) is 24.8 Å². The topological polar surface area (TPSA) is 85.2 Å². The molecule has 7 nitrogen and oxygen atoms in total. The third kappa shape index (κ3) is 6.71. The lowest BCUT2D eigenvalue weighted by Gasteiger charge is -2.41. The highest BCUT2D eigenvalue weighted by Gasteiger charge is 2.42. The van der Waals surface area contributed by atoms with Crippen molar-refractivity contribution < 1.29 is 23.0 Å². The van der Waals surface area contributed by atoms with Crippen molar-refractivity contribution in [2.75, 3.05) is 46.6 Å². The van der Waals surface area contributed by atoms with Crippen LogP contribution in [0.2, 0.25) is 0 Å². The zero-order chi connectivity index (χ0) is 25.4. The van der Waals surface area contributed by atoms with Crippen molar-refractivity contribution in [2.45, 2.75) is 37.8 Å². The first-order chi connectivity index (χ1) is 16.8. The molecule has 192 valence electrons. The molecule has 0 radical (unpaired) electrons. The highest BCUT2D eigenvalue weighted by molar-refractivity contribution is 6.26. The zero-order valence-corrected chi connectivity index (χ0v) is 20.2. The molecular weight excluding hydrogens is 459 g/mol. The van der Waals surface area contributed by atoms with Crippen LogP contribution in [-0.4, -0.2) is 85.6 Å². The first-order valence-corrected chi connectivity index (χ1v) is 11.7. The average molecular weight is 494 g/mol. The Morgan fingerprint density at radius 2 is 2.14 bits per heavy atom. The summed E-state index contributed by atoms with van der Waals surface area (Å²) in [7, 11) is 1.56. The molecule has 0 fully saturated rings. The largest absolute Gasteiger partial charge is 0.475 e. The summed E-state index contributed by atoms with van der Waals surface area (Å²) in [4.78, 5) is 13.5. The van der Waals surface area contributed by atoms with Crippen molar-refractivity contribution in [1.82, 2.24) is 15.2 Å². The monoisotopic (exact) mass is 493 g/mol. The zero-order valence-electron chi connectivity index (χ0n) is 20.2. The van der Waals surface area contributed by atoms with E-state index < -0.39 is 25.1 Å². The van der Waals surface area contributed by atoms with E-state index in [2.05, 4.69) is 26.9 Å². The molecule has 3 rings (SSSR count). The molecule has 2 aromatic rings. The van der Waals surface area contributed by atoms with E-state index >= 15 is 0 Å². The van der Waals surface area contributed by atoms with E-state index in [1.54, 1.807) is 11.9 Å². The molecule has 1 aromatic carbocycles. The summed E-state index contributed by atoms with van der Waals surface area (Å²) in [5.41, 5.74) is 3.09. The molecule has 0 unspecified atom stereocenters. The second-order valence-corrected chi connectivity index (χ2v) is 8.66. The SMILES string of the molecule is C=C(/N=C\C(=N/C)OCCNCCCF)[C@@H]1c2[nH]c3ccccc3c2C[C@@H](C)N1CC(F)(F)CO. The number of para-hydroxylation sites is 1. The summed E-state index contributed by atoms with van der Waals surface area (Å²) < 4.78 is 46.4. The number of hydrogen-bond donors (Lipinski definition) is 3. The fourth-order valence-corrected chi connectivity index (χ4v) is 4.34. The lowest BCUT2D eigenvalue weighted by Crippen LogP contribution is -2.49. The molecule has 2 heterocycles. The molecule has 0 aliphatic carbocycles. The minimum atomic E-state index is -3.27. The van der Waals surface area contributed by atoms with Gasteiger partial charge in [0.1, 0.15) is 13.2 Å². The number of halogens is 3. The van der Waals surface area contributed by atoms with Gasteiger partial charge in [-0.05, 0) is 37.9 Å². The molecule has 10 heteroatoms. The molecule has 2 atom stereocenters. The number of benzene rings is 1. The number of ether oxygens (including phenoxy) is 1. The number of aromatic nitrogens is 1. The van der Waals surface area contributed by atoms with Gasteiger partial charge in [0.25, 0.3) is 5.92 Å². The van der Waals surface area contributed by atoms with Crippen LogP contribution in [0.5, 0.6) is 0 Å². The number of hydrogen-bond acceptors (Lipinski definition) is 6. The van der Waals surface area contributed by atoms with E-state index in [0.717, 1.165) is 22.2 Å². The summed E-state index contributed by atoms with van der Waals surface area (Å²) in [6.45, 7) is 5.15. The summed E-state index contributed by atoms with van der Waals surface area (Å²) in [5, 5.41) is 13.3. The predicted octanol–water partition coefficient (Wildman–Crippen LogP) is 3.66. The van der Waals surface area contributed by atoms with Gasteiger partial charge in [-0.25, -0.2) is 8.78 Å². The van der Waals surface area contributed by atoms with Crippen molar-refractivity contribution in [3.05, 3.63) is 47.8 Å². The van der Waals surface area contributed by atoms with E-state index in [0.29, 0.717) is 38.2 Å². The molecule has 1 aliphatic heterocycles. The van der Waals surface area contributed by atoms with E-state index in [9.17, 15) is 18.3 Å². The van der Waals surface area contributed by atoms with Crippen LogP contribution in [-0.2, 0) is 11.2 Å². The van der Waals surface area contributed by atoms with Crippen LogP contribution in [0.4, 0.5) is 13.2 Å². The molecular formula is C25H34F3N5O2. The Hall–Kier alpha value is -2.69. The minimum Gasteiger partial charge on any atom is -0.475 e. The molecule has 0 saturated heterocycles. The van der Waals surface area contributed by atoms with Crippen LogP contribution in [0.25, 0.3) is 10.9 Å². The first-order valence-electron chi connectivity index (χ1n) is 11.7. The molecule has 1 aromatic heterocycles. The number of alkyl halides is 3. The maximum Gasteiger partial charge on any atom is 0.283 e. The highest BCUT2D eigenvalue weighted by Crippen LogP contribution is 2.41. The van der Waals surface area contributed by atoms with Crippen molar-refractivity contribution >= 4 is 23.0 Å². The van der Waals surface area contributed by atoms with Gasteiger partial charge in [-0.3, -0.25) is 19.3 Å². The lowest BCUT2D eigenvalue weighted by atomic mass is 9.90. The highest BCUT2D eigenvalue weighted by atomic mass is 19.3. The van der Waals surface area contributed by atoms with E-state index in [1.165, 1.54) is 6.21 Å². The van der Waals surface area contributed by atoms with Crippen LogP contribution in [0.1, 0.15) is 30.6 Å². The Bertz CT molecular complexity index is 1050. The van der Waals surface area contributed by atoms with Gasteiger partial charge in [0.15, 0.2) is 0 Å². The van der Waals surface area contributed by atoms with Crippen LogP contribution in [0.15, 0.2) is 46.5 Å². The van der Waals surface area contributed by atoms with Gasteiger partial charge in [0.05, 0.1) is 31.2 Å². The molecule has 0 bridgehead atoms. The van der Waals surface area contributed by atoms with Crippen molar-refractivity contribution in [1.29, 1.82) is 0 Å². The third-order valence-corrected chi connectivity index (χ3v) is 6.06. The summed E-state index contributed by atoms with van der Waals surface area (Å²) in [6, 6.07) is 6.95. The number of nitrogens with zero attached hydrogens (tertiary/aromatic N) is 3.